The number of amides is 1. The average molecular weight is 386 g/mol. The summed E-state index contributed by atoms with van der Waals surface area (Å²) in [5.74, 6) is -0.588. The maximum Gasteiger partial charge on any atom is 0.316 e. The maximum atomic E-state index is 12.2. The van der Waals surface area contributed by atoms with Crippen molar-refractivity contribution in [2.45, 2.75) is 38.5 Å². The Morgan fingerprint density at radius 3 is 2.68 bits per heavy atom. The van der Waals surface area contributed by atoms with Gasteiger partial charge in [0, 0.05) is 10.9 Å². The van der Waals surface area contributed by atoms with E-state index in [0.717, 1.165) is 11.1 Å². The van der Waals surface area contributed by atoms with Crippen molar-refractivity contribution in [3.63, 3.8) is 0 Å². The minimum atomic E-state index is -2.96. The number of hydrogen-bond donors (Lipinski definition) is 1. The van der Waals surface area contributed by atoms with Gasteiger partial charge in [0.15, 0.2) is 15.9 Å². The van der Waals surface area contributed by atoms with E-state index in [9.17, 15) is 18.0 Å². The van der Waals surface area contributed by atoms with Crippen LogP contribution in [0.5, 0.6) is 0 Å². The Labute approximate surface area is 152 Å². The van der Waals surface area contributed by atoms with Crippen molar-refractivity contribution in [3.8, 4) is 0 Å². The molecule has 0 spiro atoms. The fourth-order valence-electron chi connectivity index (χ4n) is 2.55. The Kier molecular flexibility index (Phi) is 6.51. The number of anilines is 1. The molecule has 0 radical (unpaired) electrons. The van der Waals surface area contributed by atoms with Crippen LogP contribution in [0.25, 0.3) is 0 Å². The number of rotatable bonds is 6. The molecular formula is C17H23NO5S2. The number of thioether (sulfide) groups is 1. The standard InChI is InChI=1S/C17H23NO5S2/c1-11-4-5-15(12(2)8-11)18-17(20)13(3)23-16(19)9-24-14-6-7-25(21,22)10-14/h4-5,8,13-14H,6-7,9-10H2,1-3H3,(H,18,20)/t13-,14-/m1/s1. The zero-order chi connectivity index (χ0) is 18.6. The van der Waals surface area contributed by atoms with Gasteiger partial charge in [-0.3, -0.25) is 9.59 Å². The molecule has 8 heteroatoms. The Hall–Kier alpha value is -1.54. The molecule has 1 aliphatic heterocycles. The van der Waals surface area contributed by atoms with E-state index in [1.165, 1.54) is 18.7 Å². The number of carbonyl (C=O) groups excluding carboxylic acids is 2. The Bertz CT molecular complexity index is 760. The van der Waals surface area contributed by atoms with Gasteiger partial charge in [-0.2, -0.15) is 0 Å². The maximum absolute atomic E-state index is 12.2. The van der Waals surface area contributed by atoms with E-state index in [2.05, 4.69) is 5.32 Å². The lowest BCUT2D eigenvalue weighted by atomic mass is 10.1. The number of hydrogen-bond acceptors (Lipinski definition) is 6. The zero-order valence-electron chi connectivity index (χ0n) is 14.6. The van der Waals surface area contributed by atoms with Crippen LogP contribution >= 0.6 is 11.8 Å². The molecule has 138 valence electrons. The second kappa shape index (κ2) is 8.23. The van der Waals surface area contributed by atoms with Gasteiger partial charge >= 0.3 is 5.97 Å². The van der Waals surface area contributed by atoms with Gasteiger partial charge in [0.1, 0.15) is 0 Å². The molecule has 2 atom stereocenters. The van der Waals surface area contributed by atoms with Crippen molar-refractivity contribution >= 4 is 39.2 Å². The minimum absolute atomic E-state index is 0.0430. The Balaban J connectivity index is 1.79. The van der Waals surface area contributed by atoms with Crippen LogP contribution in [-0.2, 0) is 24.2 Å². The number of sulfone groups is 1. The fraction of sp³-hybridized carbons (Fsp3) is 0.529. The quantitative estimate of drug-likeness (QED) is 0.754. The third kappa shape index (κ3) is 6.04. The molecule has 0 saturated carbocycles. The van der Waals surface area contributed by atoms with Crippen molar-refractivity contribution in [3.05, 3.63) is 29.3 Å². The molecular weight excluding hydrogens is 362 g/mol. The summed E-state index contributed by atoms with van der Waals surface area (Å²) in [6.45, 7) is 5.38. The zero-order valence-corrected chi connectivity index (χ0v) is 16.2. The normalized spacial score (nSPS) is 20.0. The Morgan fingerprint density at radius 2 is 2.08 bits per heavy atom. The molecule has 6 nitrogen and oxygen atoms in total. The van der Waals surface area contributed by atoms with E-state index in [-0.39, 0.29) is 22.5 Å². The molecule has 0 aliphatic carbocycles. The Morgan fingerprint density at radius 1 is 1.36 bits per heavy atom. The molecule has 1 aliphatic rings. The predicted octanol–water partition coefficient (Wildman–Crippen LogP) is 2.09. The smallest absolute Gasteiger partial charge is 0.316 e. The number of carbonyl (C=O) groups is 2. The second-order valence-electron chi connectivity index (χ2n) is 6.28. The lowest BCUT2D eigenvalue weighted by Crippen LogP contribution is -2.31. The van der Waals surface area contributed by atoms with Crippen LogP contribution in [0.2, 0.25) is 0 Å². The molecule has 0 bridgehead atoms. The van der Waals surface area contributed by atoms with Crippen LogP contribution in [0.15, 0.2) is 18.2 Å². The van der Waals surface area contributed by atoms with Crippen molar-refractivity contribution in [2.75, 3.05) is 22.6 Å². The van der Waals surface area contributed by atoms with Crippen LogP contribution in [-0.4, -0.2) is 48.9 Å². The van der Waals surface area contributed by atoms with E-state index in [1.54, 1.807) is 0 Å². The second-order valence-corrected chi connectivity index (χ2v) is 9.79. The van der Waals surface area contributed by atoms with Gasteiger partial charge in [0.2, 0.25) is 0 Å². The largest absolute Gasteiger partial charge is 0.452 e. The monoisotopic (exact) mass is 385 g/mol. The van der Waals surface area contributed by atoms with E-state index in [0.29, 0.717) is 12.1 Å². The topological polar surface area (TPSA) is 89.5 Å². The van der Waals surface area contributed by atoms with Crippen molar-refractivity contribution < 1.29 is 22.7 Å². The molecule has 1 heterocycles. The summed E-state index contributed by atoms with van der Waals surface area (Å²) in [6.07, 6.45) is -0.357. The summed E-state index contributed by atoms with van der Waals surface area (Å²) < 4.78 is 27.9. The highest BCUT2D eigenvalue weighted by atomic mass is 32.2. The van der Waals surface area contributed by atoms with Gasteiger partial charge in [-0.05, 0) is 38.8 Å². The molecule has 1 fully saturated rings. The van der Waals surface area contributed by atoms with Crippen molar-refractivity contribution in [1.82, 2.24) is 0 Å². The molecule has 1 N–H and O–H groups in total. The highest BCUT2D eigenvalue weighted by Crippen LogP contribution is 2.24. The lowest BCUT2D eigenvalue weighted by Gasteiger charge is -2.15. The van der Waals surface area contributed by atoms with Crippen LogP contribution in [0.3, 0.4) is 0 Å². The first kappa shape index (κ1) is 19.8. The van der Waals surface area contributed by atoms with Gasteiger partial charge in [0.05, 0.1) is 17.3 Å². The van der Waals surface area contributed by atoms with Gasteiger partial charge in [-0.1, -0.05) is 17.7 Å². The highest BCUT2D eigenvalue weighted by Gasteiger charge is 2.29. The van der Waals surface area contributed by atoms with Gasteiger partial charge in [-0.25, -0.2) is 8.42 Å². The van der Waals surface area contributed by atoms with Gasteiger partial charge < -0.3 is 10.1 Å². The number of aryl methyl sites for hydroxylation is 2. The SMILES string of the molecule is Cc1ccc(NC(=O)[C@@H](C)OC(=O)CS[C@@H]2CCS(=O)(=O)C2)c(C)c1. The third-order valence-corrected chi connectivity index (χ3v) is 7.20. The van der Waals surface area contributed by atoms with Crippen LogP contribution in [0, 0.1) is 13.8 Å². The van der Waals surface area contributed by atoms with Crippen molar-refractivity contribution in [1.29, 1.82) is 0 Å². The van der Waals surface area contributed by atoms with E-state index >= 15 is 0 Å². The number of esters is 1. The summed E-state index contributed by atoms with van der Waals surface area (Å²) in [5, 5.41) is 2.68. The summed E-state index contributed by atoms with van der Waals surface area (Å²) in [6, 6.07) is 5.66. The summed E-state index contributed by atoms with van der Waals surface area (Å²) in [7, 11) is -2.96. The molecule has 1 aromatic rings. The molecule has 1 aromatic carbocycles. The summed E-state index contributed by atoms with van der Waals surface area (Å²) in [5.41, 5.74) is 2.72. The average Bonchev–Trinajstić information content (AvgIpc) is 2.87. The van der Waals surface area contributed by atoms with Gasteiger partial charge in [0.25, 0.3) is 5.91 Å². The van der Waals surface area contributed by atoms with E-state index in [1.807, 2.05) is 32.0 Å². The minimum Gasteiger partial charge on any atom is -0.452 e. The number of ether oxygens (including phenoxy) is 1. The molecule has 25 heavy (non-hydrogen) atoms. The highest BCUT2D eigenvalue weighted by molar-refractivity contribution is 8.02. The third-order valence-electron chi connectivity index (χ3n) is 3.94. The van der Waals surface area contributed by atoms with Gasteiger partial charge in [-0.15, -0.1) is 11.8 Å². The molecule has 1 amide bonds. The van der Waals surface area contributed by atoms with E-state index < -0.39 is 27.8 Å². The first-order chi connectivity index (χ1) is 11.7. The van der Waals surface area contributed by atoms with Crippen LogP contribution < -0.4 is 5.32 Å². The fourth-order valence-corrected chi connectivity index (χ4v) is 5.98. The lowest BCUT2D eigenvalue weighted by molar-refractivity contribution is -0.150. The number of nitrogens with one attached hydrogen (secondary N) is 1. The first-order valence-corrected chi connectivity index (χ1v) is 10.9. The van der Waals surface area contributed by atoms with Crippen LogP contribution in [0.4, 0.5) is 5.69 Å². The number of benzene rings is 1. The van der Waals surface area contributed by atoms with Crippen LogP contribution in [0.1, 0.15) is 24.5 Å². The molecule has 2 rings (SSSR count). The van der Waals surface area contributed by atoms with E-state index in [4.69, 9.17) is 4.74 Å². The molecule has 0 unspecified atom stereocenters. The van der Waals surface area contributed by atoms with Crippen molar-refractivity contribution in [2.24, 2.45) is 0 Å². The molecule has 0 aromatic heterocycles. The summed E-state index contributed by atoms with van der Waals surface area (Å²) in [4.78, 5) is 24.0. The summed E-state index contributed by atoms with van der Waals surface area (Å²) >= 11 is 1.27. The molecule has 1 saturated heterocycles. The predicted molar refractivity (Wildman–Crippen MR) is 99.6 cm³/mol. The first-order valence-electron chi connectivity index (χ1n) is 8.06.